The summed E-state index contributed by atoms with van der Waals surface area (Å²) in [6.07, 6.45) is 1.44. The van der Waals surface area contributed by atoms with E-state index in [1.807, 2.05) is 0 Å². The molecule has 0 aromatic carbocycles. The van der Waals surface area contributed by atoms with E-state index < -0.39 is 10.0 Å². The van der Waals surface area contributed by atoms with Gasteiger partial charge < -0.3 is 0 Å². The normalized spacial score (nSPS) is 12.1. The van der Waals surface area contributed by atoms with Crippen LogP contribution in [0.4, 0.5) is 0 Å². The summed E-state index contributed by atoms with van der Waals surface area (Å²) in [5.74, 6) is 0. The van der Waals surface area contributed by atoms with Gasteiger partial charge in [-0.25, -0.2) is 17.7 Å². The second-order valence-electron chi connectivity index (χ2n) is 3.06. The average molecular weight is 235 g/mol. The first-order valence-electron chi connectivity index (χ1n) is 3.90. The molecular formula is C8H11ClN2O2S. The molecule has 0 spiro atoms. The maximum atomic E-state index is 11.7. The van der Waals surface area contributed by atoms with Crippen molar-refractivity contribution < 1.29 is 8.42 Å². The van der Waals surface area contributed by atoms with E-state index in [1.54, 1.807) is 6.92 Å². The van der Waals surface area contributed by atoms with Gasteiger partial charge >= 0.3 is 0 Å². The minimum Gasteiger partial charge on any atom is -0.244 e. The van der Waals surface area contributed by atoms with E-state index in [0.717, 1.165) is 4.31 Å². The zero-order chi connectivity index (χ0) is 10.9. The van der Waals surface area contributed by atoms with Crippen LogP contribution in [-0.2, 0) is 10.0 Å². The molecular weight excluding hydrogens is 224 g/mol. The molecule has 1 rings (SSSR count). The highest BCUT2D eigenvalue weighted by Gasteiger charge is 2.20. The number of hydrogen-bond acceptors (Lipinski definition) is 3. The van der Waals surface area contributed by atoms with Gasteiger partial charge in [0.1, 0.15) is 5.15 Å². The molecule has 0 amide bonds. The molecule has 0 atom stereocenters. The van der Waals surface area contributed by atoms with Crippen LogP contribution in [-0.4, -0.2) is 31.8 Å². The van der Waals surface area contributed by atoms with Crippen molar-refractivity contribution in [3.05, 3.63) is 23.0 Å². The van der Waals surface area contributed by atoms with Crippen LogP contribution in [0.5, 0.6) is 0 Å². The third kappa shape index (κ3) is 2.05. The molecule has 0 aliphatic carbocycles. The summed E-state index contributed by atoms with van der Waals surface area (Å²) in [5.41, 5.74) is 0.586. The van der Waals surface area contributed by atoms with Crippen LogP contribution in [0.3, 0.4) is 0 Å². The second-order valence-corrected chi connectivity index (χ2v) is 5.57. The van der Waals surface area contributed by atoms with Crippen LogP contribution in [0.15, 0.2) is 17.2 Å². The largest absolute Gasteiger partial charge is 0.244 e. The summed E-state index contributed by atoms with van der Waals surface area (Å²) in [5, 5.41) is 0.177. The van der Waals surface area contributed by atoms with Crippen LogP contribution < -0.4 is 0 Å². The quantitative estimate of drug-likeness (QED) is 0.725. The summed E-state index contributed by atoms with van der Waals surface area (Å²) >= 11 is 5.63. The lowest BCUT2D eigenvalue weighted by molar-refractivity contribution is 0.520. The predicted molar refractivity (Wildman–Crippen MR) is 54.9 cm³/mol. The molecule has 0 unspecified atom stereocenters. The average Bonchev–Trinajstić information content (AvgIpc) is 2.08. The van der Waals surface area contributed by atoms with E-state index in [-0.39, 0.29) is 10.0 Å². The Morgan fingerprint density at radius 2 is 2.00 bits per heavy atom. The van der Waals surface area contributed by atoms with Gasteiger partial charge in [-0.3, -0.25) is 0 Å². The lowest BCUT2D eigenvalue weighted by atomic mass is 10.3. The zero-order valence-electron chi connectivity index (χ0n) is 8.15. The van der Waals surface area contributed by atoms with Gasteiger partial charge in [0.25, 0.3) is 0 Å². The van der Waals surface area contributed by atoms with Crippen LogP contribution >= 0.6 is 11.6 Å². The van der Waals surface area contributed by atoms with E-state index in [1.165, 1.54) is 26.4 Å². The lowest BCUT2D eigenvalue weighted by Crippen LogP contribution is -2.23. The summed E-state index contributed by atoms with van der Waals surface area (Å²) in [6, 6.07) is 1.35. The van der Waals surface area contributed by atoms with Crippen molar-refractivity contribution in [1.29, 1.82) is 0 Å². The highest BCUT2D eigenvalue weighted by molar-refractivity contribution is 7.89. The number of hydrogen-bond donors (Lipinski definition) is 0. The van der Waals surface area contributed by atoms with Gasteiger partial charge in [-0.05, 0) is 18.6 Å². The molecule has 78 valence electrons. The number of halogens is 1. The molecule has 0 saturated carbocycles. The first-order valence-corrected chi connectivity index (χ1v) is 5.72. The number of aromatic nitrogens is 1. The SMILES string of the molecule is Cc1cnc(Cl)cc1S(=O)(=O)N(C)C. The molecule has 0 fully saturated rings. The Hall–Kier alpha value is -0.650. The van der Waals surface area contributed by atoms with Crippen LogP contribution in [0, 0.1) is 6.92 Å². The monoisotopic (exact) mass is 234 g/mol. The topological polar surface area (TPSA) is 50.3 Å². The summed E-state index contributed by atoms with van der Waals surface area (Å²) in [7, 11) is -0.471. The number of pyridine rings is 1. The number of sulfonamides is 1. The standard InChI is InChI=1S/C8H11ClN2O2S/c1-6-5-10-8(9)4-7(6)14(12,13)11(2)3/h4-5H,1-3H3. The van der Waals surface area contributed by atoms with E-state index in [4.69, 9.17) is 11.6 Å². The lowest BCUT2D eigenvalue weighted by Gasteiger charge is -2.13. The highest BCUT2D eigenvalue weighted by Crippen LogP contribution is 2.19. The molecule has 1 aromatic rings. The Bertz CT molecular complexity index is 443. The Balaban J connectivity index is 3.40. The molecule has 1 heterocycles. The Morgan fingerprint density at radius 1 is 1.43 bits per heavy atom. The van der Waals surface area contributed by atoms with Crippen molar-refractivity contribution in [1.82, 2.24) is 9.29 Å². The summed E-state index contributed by atoms with van der Waals surface area (Å²) in [4.78, 5) is 3.99. The molecule has 0 saturated heterocycles. The fourth-order valence-corrected chi connectivity index (χ4v) is 2.29. The first-order chi connectivity index (χ1) is 6.35. The third-order valence-corrected chi connectivity index (χ3v) is 3.94. The maximum Gasteiger partial charge on any atom is 0.242 e. The number of aryl methyl sites for hydroxylation is 1. The van der Waals surface area contributed by atoms with Crippen LogP contribution in [0.25, 0.3) is 0 Å². The molecule has 0 radical (unpaired) electrons. The zero-order valence-corrected chi connectivity index (χ0v) is 9.72. The first kappa shape index (κ1) is 11.4. The second kappa shape index (κ2) is 3.84. The molecule has 0 N–H and O–H groups in total. The Labute approximate surface area is 88.6 Å². The van der Waals surface area contributed by atoms with E-state index >= 15 is 0 Å². The van der Waals surface area contributed by atoms with E-state index in [2.05, 4.69) is 4.98 Å². The van der Waals surface area contributed by atoms with Gasteiger partial charge in [0, 0.05) is 20.3 Å². The molecule has 4 nitrogen and oxygen atoms in total. The van der Waals surface area contributed by atoms with Gasteiger partial charge in [-0.15, -0.1) is 0 Å². The van der Waals surface area contributed by atoms with Crippen molar-refractivity contribution in [3.63, 3.8) is 0 Å². The van der Waals surface area contributed by atoms with Gasteiger partial charge in [0.15, 0.2) is 0 Å². The van der Waals surface area contributed by atoms with Gasteiger partial charge in [0.05, 0.1) is 4.90 Å². The third-order valence-electron chi connectivity index (χ3n) is 1.78. The Kier molecular flexibility index (Phi) is 3.14. The molecule has 1 aromatic heterocycles. The highest BCUT2D eigenvalue weighted by atomic mass is 35.5. The number of nitrogens with zero attached hydrogens (tertiary/aromatic N) is 2. The fourth-order valence-electron chi connectivity index (χ4n) is 0.956. The van der Waals surface area contributed by atoms with Crippen molar-refractivity contribution in [2.75, 3.05) is 14.1 Å². The molecule has 14 heavy (non-hydrogen) atoms. The van der Waals surface area contributed by atoms with Crippen molar-refractivity contribution in [2.24, 2.45) is 0 Å². The molecule has 0 aliphatic heterocycles. The predicted octanol–water partition coefficient (Wildman–Crippen LogP) is 1.29. The smallest absolute Gasteiger partial charge is 0.242 e. The van der Waals surface area contributed by atoms with E-state index in [0.29, 0.717) is 5.56 Å². The van der Waals surface area contributed by atoms with Crippen molar-refractivity contribution in [2.45, 2.75) is 11.8 Å². The molecule has 0 bridgehead atoms. The van der Waals surface area contributed by atoms with Gasteiger partial charge in [-0.2, -0.15) is 0 Å². The minimum atomic E-state index is -3.42. The molecule has 6 heteroatoms. The van der Waals surface area contributed by atoms with Gasteiger partial charge in [0.2, 0.25) is 10.0 Å². The minimum absolute atomic E-state index is 0.177. The maximum absolute atomic E-state index is 11.7. The fraction of sp³-hybridized carbons (Fsp3) is 0.375. The summed E-state index contributed by atoms with van der Waals surface area (Å²) in [6.45, 7) is 1.68. The molecule has 0 aliphatic rings. The van der Waals surface area contributed by atoms with Crippen LogP contribution in [0.2, 0.25) is 5.15 Å². The summed E-state index contributed by atoms with van der Waals surface area (Å²) < 4.78 is 24.6. The van der Waals surface area contributed by atoms with Crippen molar-refractivity contribution >= 4 is 21.6 Å². The number of rotatable bonds is 2. The van der Waals surface area contributed by atoms with Crippen LogP contribution in [0.1, 0.15) is 5.56 Å². The van der Waals surface area contributed by atoms with E-state index in [9.17, 15) is 8.42 Å². The Morgan fingerprint density at radius 3 is 2.50 bits per heavy atom. The van der Waals surface area contributed by atoms with Crippen molar-refractivity contribution in [3.8, 4) is 0 Å². The van der Waals surface area contributed by atoms with Gasteiger partial charge in [-0.1, -0.05) is 11.6 Å².